The van der Waals surface area contributed by atoms with Crippen LogP contribution in [0.1, 0.15) is 4.88 Å². The molecule has 1 amide bonds. The number of halogens is 1. The maximum atomic E-state index is 13.3. The molecule has 0 fully saturated rings. The van der Waals surface area contributed by atoms with Crippen LogP contribution in [-0.2, 0) is 4.79 Å². The minimum atomic E-state index is -0.316. The van der Waals surface area contributed by atoms with Gasteiger partial charge in [0.15, 0.2) is 16.1 Å². The third kappa shape index (κ3) is 4.52. The van der Waals surface area contributed by atoms with Crippen LogP contribution in [0.3, 0.4) is 0 Å². The number of carbonyl (C=O) groups excluding carboxylic acids is 1. The van der Waals surface area contributed by atoms with Gasteiger partial charge in [-0.1, -0.05) is 30.0 Å². The zero-order valence-corrected chi connectivity index (χ0v) is 17.0. The number of benzene rings is 2. The van der Waals surface area contributed by atoms with E-state index < -0.39 is 0 Å². The van der Waals surface area contributed by atoms with Crippen molar-refractivity contribution in [2.45, 2.75) is 12.1 Å². The lowest BCUT2D eigenvalue weighted by molar-refractivity contribution is -0.113. The van der Waals surface area contributed by atoms with Crippen molar-refractivity contribution in [2.24, 2.45) is 0 Å². The van der Waals surface area contributed by atoms with Crippen LogP contribution in [0, 0.1) is 12.7 Å². The molecular formula is C20H16FN5OS2. The number of anilines is 1. The third-order valence-corrected chi connectivity index (χ3v) is 5.71. The van der Waals surface area contributed by atoms with Crippen molar-refractivity contribution >= 4 is 34.1 Å². The number of thiazole rings is 1. The van der Waals surface area contributed by atoms with E-state index in [1.807, 2.05) is 41.8 Å². The van der Waals surface area contributed by atoms with Crippen LogP contribution < -0.4 is 5.32 Å². The number of aryl methyl sites for hydroxylation is 1. The molecule has 4 aromatic rings. The maximum Gasteiger partial charge on any atom is 0.236 e. The molecule has 1 N–H and O–H groups in total. The van der Waals surface area contributed by atoms with Gasteiger partial charge < -0.3 is 5.32 Å². The van der Waals surface area contributed by atoms with E-state index in [1.54, 1.807) is 18.3 Å². The smallest absolute Gasteiger partial charge is 0.236 e. The molecule has 0 aliphatic carbocycles. The second kappa shape index (κ2) is 8.54. The Hall–Kier alpha value is -3.04. The summed E-state index contributed by atoms with van der Waals surface area (Å²) >= 11 is 2.70. The van der Waals surface area contributed by atoms with E-state index in [-0.39, 0.29) is 17.5 Å². The molecule has 146 valence electrons. The minimum absolute atomic E-state index is 0.160. The number of thioether (sulfide) groups is 1. The van der Waals surface area contributed by atoms with Gasteiger partial charge in [0.2, 0.25) is 5.91 Å². The van der Waals surface area contributed by atoms with Gasteiger partial charge in [-0.25, -0.2) is 9.37 Å². The zero-order chi connectivity index (χ0) is 20.2. The molecule has 2 aromatic heterocycles. The molecule has 0 spiro atoms. The molecule has 0 saturated heterocycles. The number of hydrogen-bond acceptors (Lipinski definition) is 6. The number of para-hydroxylation sites is 1. The first-order valence-electron chi connectivity index (χ1n) is 8.72. The van der Waals surface area contributed by atoms with Crippen molar-refractivity contribution in [1.29, 1.82) is 0 Å². The van der Waals surface area contributed by atoms with Crippen LogP contribution in [0.15, 0.2) is 66.0 Å². The summed E-state index contributed by atoms with van der Waals surface area (Å²) in [4.78, 5) is 17.5. The van der Waals surface area contributed by atoms with Crippen molar-refractivity contribution in [2.75, 3.05) is 11.1 Å². The number of carbonyl (C=O) groups is 1. The molecule has 0 saturated carbocycles. The summed E-state index contributed by atoms with van der Waals surface area (Å²) in [5.41, 5.74) is 1.59. The molecule has 9 heteroatoms. The molecule has 2 heterocycles. The summed E-state index contributed by atoms with van der Waals surface area (Å²) in [6, 6.07) is 15.7. The largest absolute Gasteiger partial charge is 0.301 e. The van der Waals surface area contributed by atoms with Crippen LogP contribution in [-0.4, -0.2) is 31.4 Å². The molecule has 0 aliphatic heterocycles. The van der Waals surface area contributed by atoms with E-state index >= 15 is 0 Å². The van der Waals surface area contributed by atoms with Crippen molar-refractivity contribution < 1.29 is 9.18 Å². The van der Waals surface area contributed by atoms with Gasteiger partial charge in [0.05, 0.1) is 5.75 Å². The van der Waals surface area contributed by atoms with Crippen molar-refractivity contribution in [3.8, 4) is 17.1 Å². The minimum Gasteiger partial charge on any atom is -0.301 e. The molecule has 0 unspecified atom stereocenters. The first kappa shape index (κ1) is 19.3. The quantitative estimate of drug-likeness (QED) is 0.458. The molecule has 0 aliphatic rings. The van der Waals surface area contributed by atoms with Gasteiger partial charge in [-0.3, -0.25) is 9.36 Å². The van der Waals surface area contributed by atoms with Gasteiger partial charge in [0.1, 0.15) is 5.82 Å². The van der Waals surface area contributed by atoms with E-state index in [1.165, 1.54) is 35.2 Å². The molecule has 4 rings (SSSR count). The van der Waals surface area contributed by atoms with Gasteiger partial charge in [-0.05, 0) is 43.3 Å². The third-order valence-electron chi connectivity index (χ3n) is 3.95. The zero-order valence-electron chi connectivity index (χ0n) is 15.4. The Morgan fingerprint density at radius 2 is 1.90 bits per heavy atom. The second-order valence-corrected chi connectivity index (χ2v) is 8.27. The van der Waals surface area contributed by atoms with Crippen LogP contribution >= 0.6 is 23.1 Å². The number of rotatable bonds is 6. The summed E-state index contributed by atoms with van der Waals surface area (Å²) < 4.78 is 15.2. The summed E-state index contributed by atoms with van der Waals surface area (Å²) in [6.45, 7) is 1.93. The molecule has 29 heavy (non-hydrogen) atoms. The Bertz CT molecular complexity index is 1130. The fourth-order valence-electron chi connectivity index (χ4n) is 2.66. The predicted molar refractivity (Wildman–Crippen MR) is 113 cm³/mol. The maximum absolute atomic E-state index is 13.3. The Labute approximate surface area is 174 Å². The number of nitrogens with one attached hydrogen (secondary N) is 1. The van der Waals surface area contributed by atoms with E-state index in [0.717, 1.165) is 16.1 Å². The average molecular weight is 426 g/mol. The normalized spacial score (nSPS) is 10.8. The standard InChI is InChI=1S/C20H16FN5OS2/c1-13-11-22-19(29-13)23-17(27)12-28-20-25-24-18(14-7-9-15(21)10-8-14)26(20)16-5-3-2-4-6-16/h2-11H,12H2,1H3,(H,22,23,27). The Morgan fingerprint density at radius 3 is 2.59 bits per heavy atom. The second-order valence-electron chi connectivity index (χ2n) is 6.10. The highest BCUT2D eigenvalue weighted by Gasteiger charge is 2.17. The lowest BCUT2D eigenvalue weighted by Gasteiger charge is -2.10. The Morgan fingerprint density at radius 1 is 1.14 bits per heavy atom. The topological polar surface area (TPSA) is 72.7 Å². The number of nitrogens with zero attached hydrogens (tertiary/aromatic N) is 4. The van der Waals surface area contributed by atoms with Crippen LogP contribution in [0.4, 0.5) is 9.52 Å². The number of hydrogen-bond donors (Lipinski definition) is 1. The fourth-order valence-corrected chi connectivity index (χ4v) is 4.09. The summed E-state index contributed by atoms with van der Waals surface area (Å²) in [5.74, 6) is 0.251. The lowest BCUT2D eigenvalue weighted by Crippen LogP contribution is -2.14. The predicted octanol–water partition coefficient (Wildman–Crippen LogP) is 4.57. The van der Waals surface area contributed by atoms with Gasteiger partial charge >= 0.3 is 0 Å². The Kier molecular flexibility index (Phi) is 5.68. The van der Waals surface area contributed by atoms with Gasteiger partial charge in [-0.2, -0.15) is 0 Å². The van der Waals surface area contributed by atoms with E-state index in [0.29, 0.717) is 16.1 Å². The summed E-state index contributed by atoms with van der Waals surface area (Å²) in [6.07, 6.45) is 1.72. The van der Waals surface area contributed by atoms with E-state index in [9.17, 15) is 9.18 Å². The van der Waals surface area contributed by atoms with Crippen LogP contribution in [0.5, 0.6) is 0 Å². The van der Waals surface area contributed by atoms with Crippen LogP contribution in [0.2, 0.25) is 0 Å². The average Bonchev–Trinajstić information content (AvgIpc) is 3.33. The molecular weight excluding hydrogens is 409 g/mol. The molecule has 0 bridgehead atoms. The number of aromatic nitrogens is 4. The summed E-state index contributed by atoms with van der Waals surface area (Å²) in [7, 11) is 0. The summed E-state index contributed by atoms with van der Waals surface area (Å²) in [5, 5.41) is 12.5. The van der Waals surface area contributed by atoms with E-state index in [2.05, 4.69) is 20.5 Å². The van der Waals surface area contributed by atoms with E-state index in [4.69, 9.17) is 0 Å². The van der Waals surface area contributed by atoms with Crippen LogP contribution in [0.25, 0.3) is 17.1 Å². The highest BCUT2D eigenvalue weighted by molar-refractivity contribution is 7.99. The van der Waals surface area contributed by atoms with Gasteiger partial charge in [0, 0.05) is 22.3 Å². The first-order valence-corrected chi connectivity index (χ1v) is 10.5. The van der Waals surface area contributed by atoms with Gasteiger partial charge in [-0.15, -0.1) is 21.5 Å². The fraction of sp³-hybridized carbons (Fsp3) is 0.100. The highest BCUT2D eigenvalue weighted by atomic mass is 32.2. The first-order chi connectivity index (χ1) is 14.1. The molecule has 0 atom stereocenters. The van der Waals surface area contributed by atoms with Gasteiger partial charge in [0.25, 0.3) is 0 Å². The highest BCUT2D eigenvalue weighted by Crippen LogP contribution is 2.28. The SMILES string of the molecule is Cc1cnc(NC(=O)CSc2nnc(-c3ccc(F)cc3)n2-c2ccccc2)s1. The Balaban J connectivity index is 1.59. The number of amides is 1. The molecule has 0 radical (unpaired) electrons. The van der Waals surface area contributed by atoms with Crippen molar-refractivity contribution in [3.63, 3.8) is 0 Å². The lowest BCUT2D eigenvalue weighted by atomic mass is 10.2. The monoisotopic (exact) mass is 425 g/mol. The van der Waals surface area contributed by atoms with Crippen molar-refractivity contribution in [3.05, 3.63) is 71.5 Å². The van der Waals surface area contributed by atoms with Crippen molar-refractivity contribution in [1.82, 2.24) is 19.7 Å². The molecule has 2 aromatic carbocycles. The molecule has 6 nitrogen and oxygen atoms in total.